The van der Waals surface area contributed by atoms with Crippen LogP contribution in [0.3, 0.4) is 0 Å². The van der Waals surface area contributed by atoms with Gasteiger partial charge in [0.25, 0.3) is 5.56 Å². The lowest BCUT2D eigenvalue weighted by Gasteiger charge is -2.14. The Morgan fingerprint density at radius 2 is 1.83 bits per heavy atom. The van der Waals surface area contributed by atoms with Crippen LogP contribution in [0.15, 0.2) is 59.5 Å². The highest BCUT2D eigenvalue weighted by molar-refractivity contribution is 6.32. The Labute approximate surface area is 144 Å². The summed E-state index contributed by atoms with van der Waals surface area (Å²) in [5, 5.41) is 9.23. The zero-order valence-corrected chi connectivity index (χ0v) is 13.8. The van der Waals surface area contributed by atoms with Gasteiger partial charge in [0.2, 0.25) is 0 Å². The van der Waals surface area contributed by atoms with Crippen LogP contribution in [0.4, 0.5) is 5.69 Å². The number of nitrogens with zero attached hydrogens (tertiary/aromatic N) is 1. The first-order chi connectivity index (χ1) is 11.6. The highest BCUT2D eigenvalue weighted by Gasteiger charge is 2.08. The monoisotopic (exact) mass is 341 g/mol. The second kappa shape index (κ2) is 7.19. The van der Waals surface area contributed by atoms with Crippen molar-refractivity contribution in [2.45, 2.75) is 13.5 Å². The van der Waals surface area contributed by atoms with E-state index in [1.807, 2.05) is 55.5 Å². The zero-order valence-electron chi connectivity index (χ0n) is 13.0. The van der Waals surface area contributed by atoms with Gasteiger partial charge in [-0.25, -0.2) is 5.10 Å². The van der Waals surface area contributed by atoms with Crippen LogP contribution in [0, 0.1) is 6.92 Å². The molecule has 0 saturated carbocycles. The summed E-state index contributed by atoms with van der Waals surface area (Å²) in [5.41, 5.74) is 2.05. The molecule has 24 heavy (non-hydrogen) atoms. The molecule has 1 aromatic heterocycles. The Hall–Kier alpha value is -2.79. The topological polar surface area (TPSA) is 67.0 Å². The third-order valence-corrected chi connectivity index (χ3v) is 3.93. The molecule has 1 heterocycles. The number of benzene rings is 2. The molecule has 0 saturated heterocycles. The number of aromatic amines is 1. The van der Waals surface area contributed by atoms with Gasteiger partial charge in [0.15, 0.2) is 0 Å². The summed E-state index contributed by atoms with van der Waals surface area (Å²) < 4.78 is 6.03. The Kier molecular flexibility index (Phi) is 4.82. The Morgan fingerprint density at radius 3 is 2.62 bits per heavy atom. The number of rotatable bonds is 5. The third-order valence-electron chi connectivity index (χ3n) is 3.55. The molecule has 6 heteroatoms. The number of aryl methyl sites for hydroxylation is 1. The SMILES string of the molecule is Cc1ccccc1Oc1ccccc1CNc1cn[nH]c(=O)c1Cl. The first kappa shape index (κ1) is 16.1. The average Bonchev–Trinajstić information content (AvgIpc) is 2.59. The van der Waals surface area contributed by atoms with Gasteiger partial charge < -0.3 is 10.1 Å². The maximum atomic E-state index is 11.5. The third kappa shape index (κ3) is 3.58. The van der Waals surface area contributed by atoms with E-state index in [-0.39, 0.29) is 5.02 Å². The molecule has 0 aliphatic carbocycles. The maximum absolute atomic E-state index is 11.5. The van der Waals surface area contributed by atoms with E-state index in [0.29, 0.717) is 12.2 Å². The summed E-state index contributed by atoms with van der Waals surface area (Å²) >= 11 is 5.97. The van der Waals surface area contributed by atoms with Gasteiger partial charge >= 0.3 is 0 Å². The summed E-state index contributed by atoms with van der Waals surface area (Å²) in [4.78, 5) is 11.5. The van der Waals surface area contributed by atoms with Gasteiger partial charge in [-0.3, -0.25) is 4.79 Å². The normalized spacial score (nSPS) is 10.4. The molecule has 2 N–H and O–H groups in total. The van der Waals surface area contributed by atoms with Crippen LogP contribution in [-0.4, -0.2) is 10.2 Å². The first-order valence-corrected chi connectivity index (χ1v) is 7.81. The van der Waals surface area contributed by atoms with Crippen LogP contribution in [0.25, 0.3) is 0 Å². The fourth-order valence-electron chi connectivity index (χ4n) is 2.24. The van der Waals surface area contributed by atoms with E-state index in [0.717, 1.165) is 22.6 Å². The van der Waals surface area contributed by atoms with Crippen molar-refractivity contribution < 1.29 is 4.74 Å². The van der Waals surface area contributed by atoms with E-state index in [9.17, 15) is 4.79 Å². The number of hydrogen-bond acceptors (Lipinski definition) is 4. The lowest BCUT2D eigenvalue weighted by atomic mass is 10.2. The van der Waals surface area contributed by atoms with E-state index in [1.54, 1.807) is 0 Å². The highest BCUT2D eigenvalue weighted by atomic mass is 35.5. The van der Waals surface area contributed by atoms with Gasteiger partial charge in [0.05, 0.1) is 11.9 Å². The van der Waals surface area contributed by atoms with Gasteiger partial charge in [-0.05, 0) is 24.6 Å². The van der Waals surface area contributed by atoms with Crippen molar-refractivity contribution in [3.05, 3.63) is 81.2 Å². The van der Waals surface area contributed by atoms with E-state index in [4.69, 9.17) is 16.3 Å². The molecule has 0 fully saturated rings. The summed E-state index contributed by atoms with van der Waals surface area (Å²) in [6.45, 7) is 2.45. The largest absolute Gasteiger partial charge is 0.457 e. The average molecular weight is 342 g/mol. The van der Waals surface area contributed by atoms with E-state index < -0.39 is 5.56 Å². The predicted octanol–water partition coefficient (Wildman–Crippen LogP) is 4.14. The fraction of sp³-hybridized carbons (Fsp3) is 0.111. The van der Waals surface area contributed by atoms with Gasteiger partial charge in [0, 0.05) is 12.1 Å². The highest BCUT2D eigenvalue weighted by Crippen LogP contribution is 2.28. The van der Waals surface area contributed by atoms with Crippen molar-refractivity contribution in [1.82, 2.24) is 10.2 Å². The van der Waals surface area contributed by atoms with Crippen molar-refractivity contribution in [2.75, 3.05) is 5.32 Å². The molecular formula is C18H16ClN3O2. The van der Waals surface area contributed by atoms with E-state index in [2.05, 4.69) is 15.5 Å². The first-order valence-electron chi connectivity index (χ1n) is 7.43. The van der Waals surface area contributed by atoms with Crippen molar-refractivity contribution in [1.29, 1.82) is 0 Å². The Morgan fingerprint density at radius 1 is 1.12 bits per heavy atom. The number of ether oxygens (including phenoxy) is 1. The maximum Gasteiger partial charge on any atom is 0.285 e. The van der Waals surface area contributed by atoms with Crippen LogP contribution in [0.5, 0.6) is 11.5 Å². The van der Waals surface area contributed by atoms with Crippen LogP contribution < -0.4 is 15.6 Å². The molecule has 0 amide bonds. The fourth-order valence-corrected chi connectivity index (χ4v) is 2.39. The Bertz CT molecular complexity index is 909. The molecule has 2 aromatic carbocycles. The molecule has 5 nitrogen and oxygen atoms in total. The van der Waals surface area contributed by atoms with Crippen molar-refractivity contribution in [2.24, 2.45) is 0 Å². The molecule has 0 bridgehead atoms. The molecule has 0 atom stereocenters. The summed E-state index contributed by atoms with van der Waals surface area (Å²) in [5.74, 6) is 1.55. The second-order valence-electron chi connectivity index (χ2n) is 5.26. The number of nitrogens with one attached hydrogen (secondary N) is 2. The number of hydrogen-bond donors (Lipinski definition) is 2. The number of aromatic nitrogens is 2. The Balaban J connectivity index is 1.81. The number of halogens is 1. The van der Waals surface area contributed by atoms with Gasteiger partial charge in [-0.15, -0.1) is 0 Å². The van der Waals surface area contributed by atoms with Crippen LogP contribution in [-0.2, 0) is 6.54 Å². The molecule has 0 aliphatic heterocycles. The zero-order chi connectivity index (χ0) is 16.9. The molecule has 3 aromatic rings. The van der Waals surface area contributed by atoms with E-state index in [1.165, 1.54) is 6.20 Å². The van der Waals surface area contributed by atoms with Crippen molar-refractivity contribution in [3.63, 3.8) is 0 Å². The molecule has 0 radical (unpaired) electrons. The quantitative estimate of drug-likeness (QED) is 0.732. The number of para-hydroxylation sites is 2. The van der Waals surface area contributed by atoms with Gasteiger partial charge in [-0.2, -0.15) is 5.10 Å². The summed E-state index contributed by atoms with van der Waals surface area (Å²) in [6.07, 6.45) is 1.48. The summed E-state index contributed by atoms with van der Waals surface area (Å²) in [6, 6.07) is 15.5. The van der Waals surface area contributed by atoms with E-state index >= 15 is 0 Å². The minimum absolute atomic E-state index is 0.0855. The molecular weight excluding hydrogens is 326 g/mol. The lowest BCUT2D eigenvalue weighted by Crippen LogP contribution is -2.12. The molecule has 3 rings (SSSR count). The lowest BCUT2D eigenvalue weighted by molar-refractivity contribution is 0.473. The number of anilines is 1. The van der Waals surface area contributed by atoms with Gasteiger partial charge in [-0.1, -0.05) is 48.0 Å². The minimum atomic E-state index is -0.425. The van der Waals surface area contributed by atoms with Crippen molar-refractivity contribution in [3.8, 4) is 11.5 Å². The van der Waals surface area contributed by atoms with Crippen molar-refractivity contribution >= 4 is 17.3 Å². The second-order valence-corrected chi connectivity index (χ2v) is 5.63. The predicted molar refractivity (Wildman–Crippen MR) is 94.9 cm³/mol. The molecule has 122 valence electrons. The van der Waals surface area contributed by atoms with Crippen LogP contribution in [0.2, 0.25) is 5.02 Å². The molecule has 0 aliphatic rings. The van der Waals surface area contributed by atoms with Gasteiger partial charge in [0.1, 0.15) is 16.5 Å². The minimum Gasteiger partial charge on any atom is -0.457 e. The smallest absolute Gasteiger partial charge is 0.285 e. The van der Waals surface area contributed by atoms with Crippen LogP contribution in [0.1, 0.15) is 11.1 Å². The standard InChI is InChI=1S/C18H16ClN3O2/c1-12-6-2-4-8-15(12)24-16-9-5-3-7-13(16)10-20-14-11-21-22-18(23)17(14)19/h2-9,11H,10H2,1H3,(H2,20,22,23). The number of H-pyrrole nitrogens is 1. The summed E-state index contributed by atoms with van der Waals surface area (Å²) in [7, 11) is 0. The molecule has 0 unspecified atom stereocenters. The molecule has 0 spiro atoms. The van der Waals surface area contributed by atoms with Crippen LogP contribution >= 0.6 is 11.6 Å².